The normalized spacial score (nSPS) is 14.2. The van der Waals surface area contributed by atoms with Gasteiger partial charge in [-0.2, -0.15) is 13.2 Å². The first kappa shape index (κ1) is 31.4. The summed E-state index contributed by atoms with van der Waals surface area (Å²) in [4.78, 5) is 22.1. The number of hydrogen-bond donors (Lipinski definition) is 3. The van der Waals surface area contributed by atoms with E-state index >= 15 is 0 Å². The highest BCUT2D eigenvalue weighted by atomic mass is 19.4. The predicted octanol–water partition coefficient (Wildman–Crippen LogP) is 3.74. The quantitative estimate of drug-likeness (QED) is 0.120. The van der Waals surface area contributed by atoms with E-state index in [9.17, 15) is 32.0 Å². The Morgan fingerprint density at radius 1 is 1.23 bits per heavy atom. The number of Topliss-reactive ketones (excluding diaryl/α,β-unsaturated/α-hetero) is 1. The van der Waals surface area contributed by atoms with Crippen molar-refractivity contribution in [2.45, 2.75) is 64.1 Å². The molecule has 0 saturated carbocycles. The van der Waals surface area contributed by atoms with Crippen LogP contribution in [0.25, 0.3) is 0 Å². The highest BCUT2D eigenvalue weighted by molar-refractivity contribution is 5.83. The number of fused-ring (bicyclic) bond motifs is 1. The highest BCUT2D eigenvalue weighted by Crippen LogP contribution is 2.25. The molecule has 0 amide bonds. The third-order valence-corrected chi connectivity index (χ3v) is 6.56. The number of alkyl halides is 5. The number of ketones is 1. The standard InChI is InChI=1S/C26H35F5N6O3/c1-18(38)21(35-23-9-12-33-25(37(23)39)26(29,30)31)10-14-36(15-16-40-17-22(27)28)13-3-2-6-20-8-7-19-5-4-11-32-24(19)34-20/h7-9,12,21-22,39H,2-6,10-11,13-17H2,1H3,(H,32,34)/p+1/t21-/m0/s1. The topological polar surface area (TPSA) is 103 Å². The lowest BCUT2D eigenvalue weighted by molar-refractivity contribution is -0.906. The van der Waals surface area contributed by atoms with Crippen LogP contribution in [0, 0.1) is 0 Å². The van der Waals surface area contributed by atoms with E-state index in [2.05, 4.69) is 21.7 Å². The lowest BCUT2D eigenvalue weighted by atomic mass is 10.1. The molecule has 3 rings (SSSR count). The van der Waals surface area contributed by atoms with Crippen molar-refractivity contribution < 1.29 is 41.4 Å². The van der Waals surface area contributed by atoms with E-state index in [0.29, 0.717) is 19.6 Å². The zero-order chi connectivity index (χ0) is 29.1. The summed E-state index contributed by atoms with van der Waals surface area (Å²) >= 11 is 0. The van der Waals surface area contributed by atoms with Crippen LogP contribution >= 0.6 is 0 Å². The molecular formula is C26H36F5N6O3+. The fourth-order valence-corrected chi connectivity index (χ4v) is 4.44. The zero-order valence-electron chi connectivity index (χ0n) is 22.4. The lowest BCUT2D eigenvalue weighted by Crippen LogP contribution is -2.46. The third-order valence-electron chi connectivity index (χ3n) is 6.56. The van der Waals surface area contributed by atoms with Crippen molar-refractivity contribution in [1.29, 1.82) is 0 Å². The Kier molecular flexibility index (Phi) is 11.8. The number of ether oxygens (including phenoxy) is 1. The number of unbranched alkanes of at least 4 members (excludes halogenated alkanes) is 1. The second-order valence-corrected chi connectivity index (χ2v) is 9.66. The van der Waals surface area contributed by atoms with Crippen LogP contribution in [0.3, 0.4) is 0 Å². The van der Waals surface area contributed by atoms with Gasteiger partial charge < -0.3 is 20.2 Å². The van der Waals surface area contributed by atoms with Crippen LogP contribution in [-0.2, 0) is 28.5 Å². The van der Waals surface area contributed by atoms with Crippen LogP contribution in [-0.4, -0.2) is 77.7 Å². The van der Waals surface area contributed by atoms with E-state index < -0.39 is 31.1 Å². The average Bonchev–Trinajstić information content (AvgIpc) is 2.90. The first-order valence-corrected chi connectivity index (χ1v) is 13.3. The third kappa shape index (κ3) is 9.81. The summed E-state index contributed by atoms with van der Waals surface area (Å²) in [5.41, 5.74) is 2.19. The highest BCUT2D eigenvalue weighted by Gasteiger charge is 2.43. The number of halogens is 5. The minimum atomic E-state index is -4.89. The van der Waals surface area contributed by atoms with Crippen molar-refractivity contribution >= 4 is 17.4 Å². The van der Waals surface area contributed by atoms with Crippen LogP contribution in [0.15, 0.2) is 24.4 Å². The fourth-order valence-electron chi connectivity index (χ4n) is 4.44. The lowest BCUT2D eigenvalue weighted by Gasteiger charge is -2.24. The van der Waals surface area contributed by atoms with Gasteiger partial charge in [-0.15, -0.1) is 4.98 Å². The summed E-state index contributed by atoms with van der Waals surface area (Å²) in [5.74, 6) is -1.26. The Balaban J connectivity index is 1.56. The van der Waals surface area contributed by atoms with Gasteiger partial charge in [-0.3, -0.25) is 10.1 Å². The van der Waals surface area contributed by atoms with E-state index in [4.69, 9.17) is 9.72 Å². The van der Waals surface area contributed by atoms with Gasteiger partial charge in [-0.1, -0.05) is 6.07 Å². The molecule has 0 saturated heterocycles. The Labute approximate surface area is 229 Å². The second-order valence-electron chi connectivity index (χ2n) is 9.66. The van der Waals surface area contributed by atoms with Crippen LogP contribution in [0.2, 0.25) is 0 Å². The van der Waals surface area contributed by atoms with Crippen LogP contribution in [0.5, 0.6) is 0 Å². The number of aryl methyl sites for hydroxylation is 2. The summed E-state index contributed by atoms with van der Waals surface area (Å²) in [6.45, 7) is 2.87. The molecule has 1 atom stereocenters. The molecule has 2 aromatic rings. The molecule has 40 heavy (non-hydrogen) atoms. The number of nitrogens with one attached hydrogen (secondary N) is 2. The fraction of sp³-hybridized carbons (Fsp3) is 0.615. The number of carbonyl (C=O) groups excluding carboxylic acids is 1. The molecule has 222 valence electrons. The predicted molar refractivity (Wildman–Crippen MR) is 137 cm³/mol. The molecular weight excluding hydrogens is 539 g/mol. The molecule has 0 unspecified atom stereocenters. The Morgan fingerprint density at radius 2 is 2.02 bits per heavy atom. The molecule has 0 aliphatic carbocycles. The van der Waals surface area contributed by atoms with Crippen molar-refractivity contribution in [2.24, 2.45) is 0 Å². The summed E-state index contributed by atoms with van der Waals surface area (Å²) in [7, 11) is 0. The van der Waals surface area contributed by atoms with Gasteiger partial charge in [0.2, 0.25) is 0 Å². The zero-order valence-corrected chi connectivity index (χ0v) is 22.4. The first-order valence-electron chi connectivity index (χ1n) is 13.3. The molecule has 9 nitrogen and oxygen atoms in total. The monoisotopic (exact) mass is 575 g/mol. The van der Waals surface area contributed by atoms with Gasteiger partial charge in [-0.25, -0.2) is 13.8 Å². The second kappa shape index (κ2) is 15.0. The van der Waals surface area contributed by atoms with Crippen molar-refractivity contribution in [2.75, 3.05) is 50.0 Å². The van der Waals surface area contributed by atoms with Crippen LogP contribution < -0.4 is 15.4 Å². The summed E-state index contributed by atoms with van der Waals surface area (Å²) in [6, 6.07) is 4.35. The molecule has 2 aromatic heterocycles. The maximum absolute atomic E-state index is 13.1. The molecule has 3 heterocycles. The van der Waals surface area contributed by atoms with Gasteiger partial charge >= 0.3 is 12.0 Å². The molecule has 3 N–H and O–H groups in total. The molecule has 14 heteroatoms. The summed E-state index contributed by atoms with van der Waals surface area (Å²) in [5, 5.41) is 16.0. The van der Waals surface area contributed by atoms with E-state index in [1.165, 1.54) is 12.5 Å². The minimum Gasteiger partial charge on any atom is -0.374 e. The minimum absolute atomic E-state index is 0.0660. The van der Waals surface area contributed by atoms with Crippen molar-refractivity contribution in [1.82, 2.24) is 14.9 Å². The van der Waals surface area contributed by atoms with Crippen molar-refractivity contribution in [3.8, 4) is 0 Å². The van der Waals surface area contributed by atoms with E-state index in [1.54, 1.807) is 0 Å². The number of pyridine rings is 1. The molecule has 0 radical (unpaired) electrons. The smallest absolute Gasteiger partial charge is 0.374 e. The Morgan fingerprint density at radius 3 is 2.75 bits per heavy atom. The summed E-state index contributed by atoms with van der Waals surface area (Å²) in [6.07, 6.45) is -1.92. The van der Waals surface area contributed by atoms with Crippen molar-refractivity contribution in [3.63, 3.8) is 0 Å². The Hall–Kier alpha value is -3.13. The van der Waals surface area contributed by atoms with Gasteiger partial charge in [-0.05, 0) is 61.9 Å². The SMILES string of the molecule is CC(=O)[C@H](CCN(CCCCc1ccc2c(n1)NCCC2)CCOCC(F)F)Nc1ccnc(C(F)(F)F)[n+]1O. The first-order chi connectivity index (χ1) is 19.0. The van der Waals surface area contributed by atoms with Gasteiger partial charge in [0.25, 0.3) is 12.2 Å². The average molecular weight is 576 g/mol. The van der Waals surface area contributed by atoms with Crippen LogP contribution in [0.1, 0.15) is 49.7 Å². The molecule has 1 aliphatic rings. The molecule has 0 aromatic carbocycles. The number of anilines is 2. The van der Waals surface area contributed by atoms with Crippen molar-refractivity contribution in [3.05, 3.63) is 41.5 Å². The maximum Gasteiger partial charge on any atom is 0.485 e. The van der Waals surface area contributed by atoms with E-state index in [-0.39, 0.29) is 29.4 Å². The molecule has 1 aliphatic heterocycles. The number of aromatic nitrogens is 3. The molecule has 0 spiro atoms. The number of carbonyl (C=O) groups is 1. The largest absolute Gasteiger partial charge is 0.485 e. The molecule has 0 fully saturated rings. The molecule has 0 bridgehead atoms. The van der Waals surface area contributed by atoms with E-state index in [0.717, 1.165) is 62.4 Å². The number of nitrogens with zero attached hydrogens (tertiary/aromatic N) is 4. The van der Waals surface area contributed by atoms with Crippen LogP contribution in [0.4, 0.5) is 33.6 Å². The Bertz CT molecular complexity index is 1100. The van der Waals surface area contributed by atoms with Gasteiger partial charge in [0.15, 0.2) is 5.78 Å². The van der Waals surface area contributed by atoms with Gasteiger partial charge in [0, 0.05) is 37.8 Å². The van der Waals surface area contributed by atoms with E-state index in [1.807, 2.05) is 11.0 Å². The number of rotatable bonds is 16. The van der Waals surface area contributed by atoms with Gasteiger partial charge in [0.05, 0.1) is 6.61 Å². The number of hydrogen-bond acceptors (Lipinski definition) is 8. The maximum atomic E-state index is 13.1. The summed E-state index contributed by atoms with van der Waals surface area (Å²) < 4.78 is 69.1. The van der Waals surface area contributed by atoms with Gasteiger partial charge in [0.1, 0.15) is 24.7 Å².